The molecule has 1 aromatic rings. The van der Waals surface area contributed by atoms with Crippen LogP contribution in [0.5, 0.6) is 0 Å². The number of anilines is 1. The van der Waals surface area contributed by atoms with Gasteiger partial charge in [0.25, 0.3) is 0 Å². The Labute approximate surface area is 114 Å². The van der Waals surface area contributed by atoms with Gasteiger partial charge in [-0.15, -0.1) is 0 Å². The Kier molecular flexibility index (Phi) is 4.43. The van der Waals surface area contributed by atoms with Gasteiger partial charge in [-0.3, -0.25) is 4.79 Å². The molecule has 19 heavy (non-hydrogen) atoms. The van der Waals surface area contributed by atoms with E-state index in [-0.39, 0.29) is 18.6 Å². The van der Waals surface area contributed by atoms with Crippen molar-refractivity contribution in [3.8, 4) is 0 Å². The molecule has 4 heteroatoms. The average molecular weight is 262 g/mol. The van der Waals surface area contributed by atoms with Crippen LogP contribution in [0.4, 0.5) is 5.69 Å². The smallest absolute Gasteiger partial charge is 0.242 e. The summed E-state index contributed by atoms with van der Waals surface area (Å²) >= 11 is 0. The molecule has 1 atom stereocenters. The highest BCUT2D eigenvalue weighted by Crippen LogP contribution is 2.23. The van der Waals surface area contributed by atoms with Gasteiger partial charge in [-0.25, -0.2) is 0 Å². The van der Waals surface area contributed by atoms with Crippen molar-refractivity contribution in [3.05, 3.63) is 29.3 Å². The number of aryl methyl sites for hydroxylation is 2. The Balaban J connectivity index is 2.34. The topological polar surface area (TPSA) is 52.6 Å². The van der Waals surface area contributed by atoms with Gasteiger partial charge in [0.15, 0.2) is 0 Å². The lowest BCUT2D eigenvalue weighted by molar-refractivity contribution is -0.122. The fraction of sp³-hybridized carbons (Fsp3) is 0.533. The number of carbonyl (C=O) groups excluding carboxylic acids is 1. The molecule has 1 aliphatic heterocycles. The molecule has 1 saturated heterocycles. The second-order valence-corrected chi connectivity index (χ2v) is 5.21. The molecule has 1 heterocycles. The van der Waals surface area contributed by atoms with Crippen molar-refractivity contribution < 1.29 is 9.90 Å². The van der Waals surface area contributed by atoms with E-state index in [0.717, 1.165) is 18.7 Å². The van der Waals surface area contributed by atoms with Crippen molar-refractivity contribution >= 4 is 11.6 Å². The first-order valence-electron chi connectivity index (χ1n) is 6.85. The standard InChI is InChI=1S/C15H22N2O2/c1-11-8-12(2)10-13(9-11)17-6-3-5-16-15(19)14(17)4-7-18/h8-10,14,18H,3-7H2,1-2H3,(H,16,19). The van der Waals surface area contributed by atoms with Crippen molar-refractivity contribution in [2.45, 2.75) is 32.7 Å². The number of aliphatic hydroxyl groups is 1. The second kappa shape index (κ2) is 6.06. The van der Waals surface area contributed by atoms with E-state index in [2.05, 4.69) is 42.3 Å². The number of rotatable bonds is 3. The molecule has 0 aliphatic carbocycles. The summed E-state index contributed by atoms with van der Waals surface area (Å²) < 4.78 is 0. The van der Waals surface area contributed by atoms with Crippen LogP contribution in [-0.2, 0) is 4.79 Å². The van der Waals surface area contributed by atoms with Crippen LogP contribution in [0.25, 0.3) is 0 Å². The van der Waals surface area contributed by atoms with Crippen LogP contribution < -0.4 is 10.2 Å². The number of benzene rings is 1. The first kappa shape index (κ1) is 13.9. The number of aliphatic hydroxyl groups excluding tert-OH is 1. The van der Waals surface area contributed by atoms with Gasteiger partial charge >= 0.3 is 0 Å². The lowest BCUT2D eigenvalue weighted by atomic mass is 10.1. The quantitative estimate of drug-likeness (QED) is 0.865. The van der Waals surface area contributed by atoms with E-state index in [9.17, 15) is 9.90 Å². The van der Waals surface area contributed by atoms with Gasteiger partial charge in [-0.1, -0.05) is 6.07 Å². The van der Waals surface area contributed by atoms with Gasteiger partial charge in [-0.05, 0) is 49.9 Å². The average Bonchev–Trinajstić information content (AvgIpc) is 2.52. The number of nitrogens with zero attached hydrogens (tertiary/aromatic N) is 1. The third-order valence-electron chi connectivity index (χ3n) is 3.49. The predicted molar refractivity (Wildman–Crippen MR) is 76.4 cm³/mol. The first-order valence-corrected chi connectivity index (χ1v) is 6.85. The molecule has 2 rings (SSSR count). The highest BCUT2D eigenvalue weighted by Gasteiger charge is 2.27. The summed E-state index contributed by atoms with van der Waals surface area (Å²) in [5, 5.41) is 12.1. The fourth-order valence-corrected chi connectivity index (χ4v) is 2.71. The zero-order valence-electron chi connectivity index (χ0n) is 11.6. The van der Waals surface area contributed by atoms with Crippen molar-refractivity contribution in [2.24, 2.45) is 0 Å². The van der Waals surface area contributed by atoms with Crippen LogP contribution in [0.15, 0.2) is 18.2 Å². The minimum absolute atomic E-state index is 0.0192. The molecule has 1 aliphatic rings. The molecule has 104 valence electrons. The number of hydrogen-bond acceptors (Lipinski definition) is 3. The number of nitrogens with one attached hydrogen (secondary N) is 1. The SMILES string of the molecule is Cc1cc(C)cc(N2CCCNC(=O)C2CCO)c1. The van der Waals surface area contributed by atoms with Crippen LogP contribution in [-0.4, -0.2) is 36.8 Å². The van der Waals surface area contributed by atoms with E-state index in [1.807, 2.05) is 0 Å². The van der Waals surface area contributed by atoms with E-state index in [0.29, 0.717) is 13.0 Å². The van der Waals surface area contributed by atoms with Gasteiger partial charge in [-0.2, -0.15) is 0 Å². The Morgan fingerprint density at radius 2 is 2.00 bits per heavy atom. The molecular weight excluding hydrogens is 240 g/mol. The molecule has 0 saturated carbocycles. The monoisotopic (exact) mass is 262 g/mol. The summed E-state index contributed by atoms with van der Waals surface area (Å²) in [6.07, 6.45) is 1.40. The van der Waals surface area contributed by atoms with Crippen molar-refractivity contribution in [2.75, 3.05) is 24.6 Å². The molecule has 0 radical (unpaired) electrons. The summed E-state index contributed by atoms with van der Waals surface area (Å²) in [7, 11) is 0. The summed E-state index contributed by atoms with van der Waals surface area (Å²) in [6, 6.07) is 6.07. The third kappa shape index (κ3) is 3.26. The van der Waals surface area contributed by atoms with Crippen LogP contribution in [0.3, 0.4) is 0 Å². The lowest BCUT2D eigenvalue weighted by Crippen LogP contribution is -2.45. The van der Waals surface area contributed by atoms with E-state index < -0.39 is 0 Å². The van der Waals surface area contributed by atoms with E-state index in [1.54, 1.807) is 0 Å². The van der Waals surface area contributed by atoms with Crippen molar-refractivity contribution in [1.82, 2.24) is 5.32 Å². The zero-order valence-corrected chi connectivity index (χ0v) is 11.6. The number of carbonyl (C=O) groups is 1. The molecule has 1 fully saturated rings. The van der Waals surface area contributed by atoms with Crippen molar-refractivity contribution in [3.63, 3.8) is 0 Å². The van der Waals surface area contributed by atoms with Crippen LogP contribution >= 0.6 is 0 Å². The van der Waals surface area contributed by atoms with Gasteiger partial charge in [0.2, 0.25) is 5.91 Å². The minimum atomic E-state index is -0.270. The molecule has 1 amide bonds. The van der Waals surface area contributed by atoms with Gasteiger partial charge < -0.3 is 15.3 Å². The fourth-order valence-electron chi connectivity index (χ4n) is 2.71. The summed E-state index contributed by atoms with van der Waals surface area (Å²) in [5.74, 6) is 0.0192. The molecule has 1 aromatic carbocycles. The maximum atomic E-state index is 12.1. The molecule has 0 aromatic heterocycles. The highest BCUT2D eigenvalue weighted by atomic mass is 16.3. The van der Waals surface area contributed by atoms with Gasteiger partial charge in [0, 0.05) is 25.4 Å². The largest absolute Gasteiger partial charge is 0.396 e. The van der Waals surface area contributed by atoms with Gasteiger partial charge in [0.1, 0.15) is 6.04 Å². The molecule has 0 bridgehead atoms. The van der Waals surface area contributed by atoms with Crippen molar-refractivity contribution in [1.29, 1.82) is 0 Å². The number of hydrogen-bond donors (Lipinski definition) is 2. The summed E-state index contributed by atoms with van der Waals surface area (Å²) in [4.78, 5) is 14.2. The molecule has 2 N–H and O–H groups in total. The maximum absolute atomic E-state index is 12.1. The lowest BCUT2D eigenvalue weighted by Gasteiger charge is -2.30. The Bertz CT molecular complexity index is 439. The summed E-state index contributed by atoms with van der Waals surface area (Å²) in [5.41, 5.74) is 3.47. The maximum Gasteiger partial charge on any atom is 0.242 e. The molecule has 4 nitrogen and oxygen atoms in total. The van der Waals surface area contributed by atoms with E-state index in [4.69, 9.17) is 0 Å². The molecule has 0 spiro atoms. The predicted octanol–water partition coefficient (Wildman–Crippen LogP) is 1.38. The van der Waals surface area contributed by atoms with Gasteiger partial charge in [0.05, 0.1) is 0 Å². The minimum Gasteiger partial charge on any atom is -0.396 e. The Morgan fingerprint density at radius 3 is 2.63 bits per heavy atom. The Morgan fingerprint density at radius 1 is 1.32 bits per heavy atom. The molecular formula is C15H22N2O2. The number of amides is 1. The molecule has 1 unspecified atom stereocenters. The Hall–Kier alpha value is -1.55. The van der Waals surface area contributed by atoms with Crippen LogP contribution in [0, 0.1) is 13.8 Å². The second-order valence-electron chi connectivity index (χ2n) is 5.21. The van der Waals surface area contributed by atoms with Crippen LogP contribution in [0.1, 0.15) is 24.0 Å². The van der Waals surface area contributed by atoms with E-state index in [1.165, 1.54) is 11.1 Å². The normalized spacial score (nSPS) is 20.1. The summed E-state index contributed by atoms with van der Waals surface area (Å²) in [6.45, 7) is 5.71. The zero-order chi connectivity index (χ0) is 13.8. The third-order valence-corrected chi connectivity index (χ3v) is 3.49. The van der Waals surface area contributed by atoms with E-state index >= 15 is 0 Å². The first-order chi connectivity index (χ1) is 9.11. The van der Waals surface area contributed by atoms with Crippen LogP contribution in [0.2, 0.25) is 0 Å². The highest BCUT2D eigenvalue weighted by molar-refractivity contribution is 5.85.